The van der Waals surface area contributed by atoms with Gasteiger partial charge < -0.3 is 0 Å². The Morgan fingerprint density at radius 2 is 1.84 bits per heavy atom. The normalized spacial score (nSPS) is 15.2. The van der Waals surface area contributed by atoms with Gasteiger partial charge in [0.2, 0.25) is 0 Å². The van der Waals surface area contributed by atoms with Crippen LogP contribution >= 0.6 is 0 Å². The first-order valence-corrected chi connectivity index (χ1v) is 6.48. The molecule has 0 aliphatic heterocycles. The van der Waals surface area contributed by atoms with Crippen LogP contribution in [0.15, 0.2) is 53.5 Å². The van der Waals surface area contributed by atoms with E-state index in [2.05, 4.69) is 24.3 Å². The molecule has 0 atom stereocenters. The number of nitrogens with zero attached hydrogens (tertiary/aromatic N) is 2. The van der Waals surface area contributed by atoms with Crippen molar-refractivity contribution in [2.75, 3.05) is 0 Å². The lowest BCUT2D eigenvalue weighted by molar-refractivity contribution is 1.03. The minimum Gasteiger partial charge on any atom is -0.284 e. The maximum atomic E-state index is 9.11. The highest BCUT2D eigenvalue weighted by Gasteiger charge is 2.19. The highest BCUT2D eigenvalue weighted by Crippen LogP contribution is 2.25. The van der Waals surface area contributed by atoms with Crippen molar-refractivity contribution in [2.45, 2.75) is 19.4 Å². The van der Waals surface area contributed by atoms with Crippen LogP contribution in [-0.4, -0.2) is 5.71 Å². The summed E-state index contributed by atoms with van der Waals surface area (Å²) < 4.78 is 0. The lowest BCUT2D eigenvalue weighted by Crippen LogP contribution is -1.96. The van der Waals surface area contributed by atoms with Crippen molar-refractivity contribution >= 4 is 5.71 Å². The molecule has 1 aliphatic carbocycles. The fraction of sp³-hybridized carbons (Fsp3) is 0.176. The molecule has 2 nitrogen and oxygen atoms in total. The second-order valence-electron chi connectivity index (χ2n) is 4.69. The Kier molecular flexibility index (Phi) is 3.12. The monoisotopic (exact) mass is 246 g/mol. The molecule has 92 valence electrons. The maximum Gasteiger partial charge on any atom is 0.0994 e. The van der Waals surface area contributed by atoms with Crippen molar-refractivity contribution in [3.63, 3.8) is 0 Å². The van der Waals surface area contributed by atoms with E-state index in [1.165, 1.54) is 5.56 Å². The number of rotatable bonds is 2. The van der Waals surface area contributed by atoms with Crippen LogP contribution in [0, 0.1) is 11.3 Å². The van der Waals surface area contributed by atoms with Gasteiger partial charge >= 0.3 is 0 Å². The van der Waals surface area contributed by atoms with Gasteiger partial charge in [0.15, 0.2) is 0 Å². The zero-order valence-corrected chi connectivity index (χ0v) is 10.6. The third kappa shape index (κ3) is 2.28. The lowest BCUT2D eigenvalue weighted by Gasteiger charge is -2.02. The van der Waals surface area contributed by atoms with E-state index in [0.717, 1.165) is 35.2 Å². The highest BCUT2D eigenvalue weighted by atomic mass is 14.7. The summed E-state index contributed by atoms with van der Waals surface area (Å²) in [6, 6.07) is 18.4. The van der Waals surface area contributed by atoms with Crippen LogP contribution in [-0.2, 0) is 13.0 Å². The summed E-state index contributed by atoms with van der Waals surface area (Å²) in [7, 11) is 0. The Hall–Kier alpha value is -2.40. The average Bonchev–Trinajstić information content (AvgIpc) is 2.89. The van der Waals surface area contributed by atoms with Gasteiger partial charge in [-0.15, -0.1) is 0 Å². The van der Waals surface area contributed by atoms with Crippen LogP contribution in [0.3, 0.4) is 0 Å². The van der Waals surface area contributed by atoms with E-state index in [1.807, 2.05) is 30.3 Å². The fourth-order valence-corrected chi connectivity index (χ4v) is 2.54. The molecule has 2 heteroatoms. The van der Waals surface area contributed by atoms with E-state index < -0.39 is 0 Å². The van der Waals surface area contributed by atoms with Gasteiger partial charge in [0.1, 0.15) is 0 Å². The van der Waals surface area contributed by atoms with Crippen molar-refractivity contribution in [3.05, 3.63) is 70.8 Å². The molecular formula is C17H14N2. The molecule has 19 heavy (non-hydrogen) atoms. The third-order valence-electron chi connectivity index (χ3n) is 3.51. The van der Waals surface area contributed by atoms with E-state index in [0.29, 0.717) is 6.54 Å². The van der Waals surface area contributed by atoms with Gasteiger partial charge in [0.25, 0.3) is 0 Å². The number of nitriles is 1. The van der Waals surface area contributed by atoms with Crippen LogP contribution in [0.2, 0.25) is 0 Å². The van der Waals surface area contributed by atoms with Crippen LogP contribution in [0.25, 0.3) is 0 Å². The Labute approximate surface area is 113 Å². The quantitative estimate of drug-likeness (QED) is 0.799. The molecule has 0 bridgehead atoms. The molecule has 0 spiro atoms. The smallest absolute Gasteiger partial charge is 0.0994 e. The van der Waals surface area contributed by atoms with Gasteiger partial charge in [0.05, 0.1) is 18.2 Å². The van der Waals surface area contributed by atoms with Crippen molar-refractivity contribution in [1.82, 2.24) is 0 Å². The largest absolute Gasteiger partial charge is 0.284 e. The van der Waals surface area contributed by atoms with Gasteiger partial charge in [-0.2, -0.15) is 5.26 Å². The summed E-state index contributed by atoms with van der Waals surface area (Å²) in [6.07, 6.45) is 1.88. The lowest BCUT2D eigenvalue weighted by atomic mass is 10.0. The molecule has 3 rings (SSSR count). The molecule has 2 aromatic rings. The molecule has 0 fully saturated rings. The van der Waals surface area contributed by atoms with Crippen LogP contribution in [0.1, 0.15) is 28.7 Å². The van der Waals surface area contributed by atoms with Crippen molar-refractivity contribution in [3.8, 4) is 6.07 Å². The summed E-state index contributed by atoms with van der Waals surface area (Å²) in [5, 5.41) is 9.11. The topological polar surface area (TPSA) is 36.1 Å². The summed E-state index contributed by atoms with van der Waals surface area (Å²) in [4.78, 5) is 4.72. The zero-order chi connectivity index (χ0) is 13.1. The predicted molar refractivity (Wildman–Crippen MR) is 76.2 cm³/mol. The van der Waals surface area contributed by atoms with E-state index in [9.17, 15) is 0 Å². The SMILES string of the molecule is N#Cc1cccc2c1CCC2=NCc1ccccc1. The molecule has 0 amide bonds. The Balaban J connectivity index is 1.89. The third-order valence-corrected chi connectivity index (χ3v) is 3.51. The number of hydrogen-bond acceptors (Lipinski definition) is 2. The van der Waals surface area contributed by atoms with Gasteiger partial charge in [-0.25, -0.2) is 0 Å². The van der Waals surface area contributed by atoms with Crippen LogP contribution in [0.4, 0.5) is 0 Å². The maximum absolute atomic E-state index is 9.11. The molecular weight excluding hydrogens is 232 g/mol. The first kappa shape index (κ1) is 11.7. The Morgan fingerprint density at radius 3 is 2.63 bits per heavy atom. The van der Waals surface area contributed by atoms with E-state index in [4.69, 9.17) is 10.3 Å². The average molecular weight is 246 g/mol. The Bertz CT molecular complexity index is 663. The molecule has 0 saturated heterocycles. The summed E-state index contributed by atoms with van der Waals surface area (Å²) in [5.41, 5.74) is 5.48. The van der Waals surface area contributed by atoms with E-state index in [-0.39, 0.29) is 0 Å². The molecule has 0 saturated carbocycles. The van der Waals surface area contributed by atoms with Crippen molar-refractivity contribution in [1.29, 1.82) is 5.26 Å². The van der Waals surface area contributed by atoms with Crippen LogP contribution in [0.5, 0.6) is 0 Å². The minimum atomic E-state index is 0.715. The van der Waals surface area contributed by atoms with E-state index >= 15 is 0 Å². The first-order chi connectivity index (χ1) is 9.38. The number of aliphatic imine (C=N–C) groups is 1. The van der Waals surface area contributed by atoms with Gasteiger partial charge in [-0.3, -0.25) is 4.99 Å². The number of hydrogen-bond donors (Lipinski definition) is 0. The number of benzene rings is 2. The predicted octanol–water partition coefficient (Wildman–Crippen LogP) is 3.49. The zero-order valence-electron chi connectivity index (χ0n) is 10.6. The first-order valence-electron chi connectivity index (χ1n) is 6.48. The second kappa shape index (κ2) is 5.07. The van der Waals surface area contributed by atoms with Gasteiger partial charge in [0, 0.05) is 11.3 Å². The summed E-state index contributed by atoms with van der Waals surface area (Å²) in [5.74, 6) is 0. The van der Waals surface area contributed by atoms with Gasteiger partial charge in [-0.1, -0.05) is 42.5 Å². The summed E-state index contributed by atoms with van der Waals surface area (Å²) >= 11 is 0. The molecule has 0 heterocycles. The molecule has 1 aliphatic rings. The van der Waals surface area contributed by atoms with Gasteiger partial charge in [-0.05, 0) is 30.0 Å². The van der Waals surface area contributed by atoms with Crippen molar-refractivity contribution in [2.24, 2.45) is 4.99 Å². The Morgan fingerprint density at radius 1 is 1.00 bits per heavy atom. The summed E-state index contributed by atoms with van der Waals surface area (Å²) in [6.45, 7) is 0.715. The number of fused-ring (bicyclic) bond motifs is 1. The van der Waals surface area contributed by atoms with Crippen LogP contribution < -0.4 is 0 Å². The van der Waals surface area contributed by atoms with E-state index in [1.54, 1.807) is 0 Å². The minimum absolute atomic E-state index is 0.715. The molecule has 0 unspecified atom stereocenters. The standard InChI is InChI=1S/C17H14N2/c18-11-14-7-4-8-16-15(14)9-10-17(16)19-12-13-5-2-1-3-6-13/h1-8H,9-10,12H2. The fourth-order valence-electron chi connectivity index (χ4n) is 2.54. The highest BCUT2D eigenvalue weighted by molar-refractivity contribution is 6.05. The molecule has 2 aromatic carbocycles. The molecule has 0 N–H and O–H groups in total. The molecule has 0 aromatic heterocycles. The second-order valence-corrected chi connectivity index (χ2v) is 4.69. The molecule has 0 radical (unpaired) electrons. The van der Waals surface area contributed by atoms with Crippen molar-refractivity contribution < 1.29 is 0 Å².